The van der Waals surface area contributed by atoms with Gasteiger partial charge in [-0.3, -0.25) is 9.89 Å². The minimum Gasteiger partial charge on any atom is -0.493 e. The number of carbonyl (C=O) groups excluding carboxylic acids is 1. The minimum absolute atomic E-state index is 0.347. The van der Waals surface area contributed by atoms with E-state index in [9.17, 15) is 4.79 Å². The molecule has 0 saturated carbocycles. The van der Waals surface area contributed by atoms with E-state index in [2.05, 4.69) is 27.6 Å². The number of aromatic amines is 1. The number of hydrogen-bond donors (Lipinski definition) is 2. The zero-order valence-electron chi connectivity index (χ0n) is 15.9. The summed E-state index contributed by atoms with van der Waals surface area (Å²) in [5, 5.41) is 11.0. The first-order valence-electron chi connectivity index (χ1n) is 9.44. The number of aromatic nitrogens is 2. The quantitative estimate of drug-likeness (QED) is 0.330. The number of amides is 1. The van der Waals surface area contributed by atoms with Gasteiger partial charge in [0.2, 0.25) is 0 Å². The highest BCUT2D eigenvalue weighted by molar-refractivity contribution is 5.94. The Morgan fingerprint density at radius 3 is 2.75 bits per heavy atom. The van der Waals surface area contributed by atoms with Gasteiger partial charge in [-0.25, -0.2) is 5.43 Å². The molecule has 0 radical (unpaired) electrons. The number of unbranched alkanes of at least 4 members (excludes halogenated alkanes) is 2. The molecule has 0 aliphatic heterocycles. The van der Waals surface area contributed by atoms with E-state index in [4.69, 9.17) is 4.74 Å². The zero-order valence-corrected chi connectivity index (χ0v) is 15.9. The van der Waals surface area contributed by atoms with Crippen LogP contribution in [0.25, 0.3) is 11.3 Å². The summed E-state index contributed by atoms with van der Waals surface area (Å²) in [5.74, 6) is 0.400. The molecule has 3 aromatic rings. The monoisotopic (exact) mass is 376 g/mol. The molecular formula is C22H24N4O2. The number of rotatable bonds is 9. The number of hydrazone groups is 1. The van der Waals surface area contributed by atoms with Crippen molar-refractivity contribution in [2.45, 2.75) is 26.2 Å². The van der Waals surface area contributed by atoms with Crippen molar-refractivity contribution in [1.82, 2.24) is 15.6 Å². The van der Waals surface area contributed by atoms with Gasteiger partial charge in [-0.2, -0.15) is 10.2 Å². The number of nitrogens with zero attached hydrogens (tertiary/aromatic N) is 2. The van der Waals surface area contributed by atoms with Gasteiger partial charge in [-0.05, 0) is 24.6 Å². The highest BCUT2D eigenvalue weighted by Gasteiger charge is 2.10. The van der Waals surface area contributed by atoms with Crippen LogP contribution in [0.15, 0.2) is 65.8 Å². The first-order valence-corrected chi connectivity index (χ1v) is 9.44. The highest BCUT2D eigenvalue weighted by atomic mass is 16.5. The Hall–Kier alpha value is -3.41. The van der Waals surface area contributed by atoms with Crippen LogP contribution in [0, 0.1) is 0 Å². The van der Waals surface area contributed by atoms with E-state index < -0.39 is 0 Å². The number of H-pyrrole nitrogens is 1. The van der Waals surface area contributed by atoms with E-state index in [1.54, 1.807) is 12.3 Å². The molecule has 0 spiro atoms. The highest BCUT2D eigenvalue weighted by Crippen LogP contribution is 2.17. The normalized spacial score (nSPS) is 10.9. The van der Waals surface area contributed by atoms with Crippen LogP contribution >= 0.6 is 0 Å². The predicted molar refractivity (Wildman–Crippen MR) is 111 cm³/mol. The van der Waals surface area contributed by atoms with E-state index in [-0.39, 0.29) is 5.91 Å². The summed E-state index contributed by atoms with van der Waals surface area (Å²) in [6.45, 7) is 2.83. The van der Waals surface area contributed by atoms with Crippen LogP contribution in [0.4, 0.5) is 0 Å². The van der Waals surface area contributed by atoms with E-state index in [1.165, 1.54) is 0 Å². The smallest absolute Gasteiger partial charge is 0.289 e. The lowest BCUT2D eigenvalue weighted by Gasteiger charge is -2.08. The van der Waals surface area contributed by atoms with Gasteiger partial charge >= 0.3 is 0 Å². The molecule has 28 heavy (non-hydrogen) atoms. The van der Waals surface area contributed by atoms with Crippen molar-refractivity contribution in [2.75, 3.05) is 6.61 Å². The second-order valence-corrected chi connectivity index (χ2v) is 6.33. The third kappa shape index (κ3) is 5.30. The van der Waals surface area contributed by atoms with Crippen LogP contribution < -0.4 is 10.2 Å². The van der Waals surface area contributed by atoms with Gasteiger partial charge in [-0.1, -0.05) is 62.2 Å². The summed E-state index contributed by atoms with van der Waals surface area (Å²) in [6.07, 6.45) is 4.89. The first-order chi connectivity index (χ1) is 13.8. The molecule has 0 saturated heterocycles. The Morgan fingerprint density at radius 1 is 1.14 bits per heavy atom. The van der Waals surface area contributed by atoms with Crippen LogP contribution in [0.2, 0.25) is 0 Å². The Kier molecular flexibility index (Phi) is 6.95. The maximum atomic E-state index is 12.3. The summed E-state index contributed by atoms with van der Waals surface area (Å²) in [7, 11) is 0. The maximum absolute atomic E-state index is 12.3. The molecule has 0 bridgehead atoms. The number of carbonyl (C=O) groups is 1. The Labute approximate surface area is 164 Å². The van der Waals surface area contributed by atoms with Crippen molar-refractivity contribution in [3.8, 4) is 17.0 Å². The number of hydrogen-bond acceptors (Lipinski definition) is 4. The van der Waals surface area contributed by atoms with Crippen molar-refractivity contribution < 1.29 is 9.53 Å². The average Bonchev–Trinajstić information content (AvgIpc) is 3.23. The summed E-state index contributed by atoms with van der Waals surface area (Å²) in [5.41, 5.74) is 5.33. The molecule has 2 N–H and O–H groups in total. The van der Waals surface area contributed by atoms with E-state index >= 15 is 0 Å². The molecule has 1 heterocycles. The molecule has 144 valence electrons. The number of ether oxygens (including phenoxy) is 1. The van der Waals surface area contributed by atoms with Gasteiger partial charge in [-0.15, -0.1) is 0 Å². The Balaban J connectivity index is 1.59. The van der Waals surface area contributed by atoms with Gasteiger partial charge in [0.05, 0.1) is 18.5 Å². The molecule has 0 aliphatic rings. The topological polar surface area (TPSA) is 79.4 Å². The second kappa shape index (κ2) is 10.1. The summed E-state index contributed by atoms with van der Waals surface area (Å²) >= 11 is 0. The lowest BCUT2D eigenvalue weighted by atomic mass is 10.1. The molecule has 0 aliphatic carbocycles. The van der Waals surface area contributed by atoms with Crippen LogP contribution in [-0.4, -0.2) is 28.9 Å². The fraction of sp³-hybridized carbons (Fsp3) is 0.227. The van der Waals surface area contributed by atoms with Gasteiger partial charge in [0.1, 0.15) is 11.4 Å². The van der Waals surface area contributed by atoms with Gasteiger partial charge in [0.25, 0.3) is 5.91 Å². The van der Waals surface area contributed by atoms with Gasteiger partial charge < -0.3 is 4.74 Å². The van der Waals surface area contributed by atoms with Crippen molar-refractivity contribution in [1.29, 1.82) is 0 Å². The molecule has 6 heteroatoms. The molecule has 3 rings (SSSR count). The molecule has 6 nitrogen and oxygen atoms in total. The van der Waals surface area contributed by atoms with Crippen LogP contribution in [0.3, 0.4) is 0 Å². The molecule has 1 amide bonds. The second-order valence-electron chi connectivity index (χ2n) is 6.33. The standard InChI is InChI=1S/C22H24N4O2/c1-2-3-9-14-28-21-13-8-7-12-18(21)16-23-26-22(27)20-15-19(24-25-20)17-10-5-4-6-11-17/h4-8,10-13,15-16H,2-3,9,14H2,1H3,(H,24,25)(H,26,27)/b23-16+. The lowest BCUT2D eigenvalue weighted by Crippen LogP contribution is -2.18. The molecule has 1 aromatic heterocycles. The van der Waals surface area contributed by atoms with Crippen LogP contribution in [0.1, 0.15) is 42.2 Å². The molecule has 0 fully saturated rings. The Bertz CT molecular complexity index is 919. The van der Waals surface area contributed by atoms with Crippen LogP contribution in [0.5, 0.6) is 5.75 Å². The molecule has 0 unspecified atom stereocenters. The zero-order chi connectivity index (χ0) is 19.6. The number of nitrogens with one attached hydrogen (secondary N) is 2. The molecule has 2 aromatic carbocycles. The van der Waals surface area contributed by atoms with Gasteiger partial charge in [0.15, 0.2) is 0 Å². The number of para-hydroxylation sites is 1. The largest absolute Gasteiger partial charge is 0.493 e. The van der Waals surface area contributed by atoms with E-state index in [0.29, 0.717) is 18.0 Å². The van der Waals surface area contributed by atoms with Crippen LogP contribution in [-0.2, 0) is 0 Å². The van der Waals surface area contributed by atoms with Crippen molar-refractivity contribution in [3.63, 3.8) is 0 Å². The van der Waals surface area contributed by atoms with Crippen molar-refractivity contribution in [2.24, 2.45) is 5.10 Å². The minimum atomic E-state index is -0.354. The fourth-order valence-electron chi connectivity index (χ4n) is 2.67. The van der Waals surface area contributed by atoms with E-state index in [0.717, 1.165) is 36.1 Å². The summed E-state index contributed by atoms with van der Waals surface area (Å²) in [4.78, 5) is 12.3. The lowest BCUT2D eigenvalue weighted by molar-refractivity contribution is 0.0950. The summed E-state index contributed by atoms with van der Waals surface area (Å²) < 4.78 is 5.81. The summed E-state index contributed by atoms with van der Waals surface area (Å²) in [6, 6.07) is 19.0. The third-order valence-electron chi connectivity index (χ3n) is 4.19. The first kappa shape index (κ1) is 19.4. The predicted octanol–water partition coefficient (Wildman–Crippen LogP) is 4.41. The van der Waals surface area contributed by atoms with Gasteiger partial charge in [0, 0.05) is 11.1 Å². The fourth-order valence-corrected chi connectivity index (χ4v) is 2.67. The third-order valence-corrected chi connectivity index (χ3v) is 4.19. The average molecular weight is 376 g/mol. The van der Waals surface area contributed by atoms with Crippen molar-refractivity contribution in [3.05, 3.63) is 71.9 Å². The molecular weight excluding hydrogens is 352 g/mol. The maximum Gasteiger partial charge on any atom is 0.289 e. The van der Waals surface area contributed by atoms with E-state index in [1.807, 2.05) is 54.6 Å². The SMILES string of the molecule is CCCCCOc1ccccc1/C=N/NC(=O)c1cc(-c2ccccc2)n[nH]1. The number of benzene rings is 2. The molecule has 0 atom stereocenters. The Morgan fingerprint density at radius 2 is 1.93 bits per heavy atom. The van der Waals surface area contributed by atoms with Crippen molar-refractivity contribution >= 4 is 12.1 Å².